The normalized spacial score (nSPS) is 15.4. The Morgan fingerprint density at radius 3 is 2.55 bits per heavy atom. The molecule has 0 aliphatic carbocycles. The quantitative estimate of drug-likeness (QED) is 0.767. The Hall–Kier alpha value is -2.29. The lowest BCUT2D eigenvalue weighted by Gasteiger charge is -2.27. The van der Waals surface area contributed by atoms with E-state index in [1.807, 2.05) is 49.4 Å². The van der Waals surface area contributed by atoms with Crippen molar-refractivity contribution in [3.8, 4) is 0 Å². The molecule has 2 rings (SSSR count). The molecule has 0 aromatic heterocycles. The highest BCUT2D eigenvalue weighted by Gasteiger charge is 2.20. The minimum absolute atomic E-state index is 0.224. The van der Waals surface area contributed by atoms with Gasteiger partial charge in [-0.25, -0.2) is 4.79 Å². The monoisotopic (exact) mass is 297 g/mol. The Bertz CT molecular complexity index is 562. The lowest BCUT2D eigenvalue weighted by atomic mass is 10.0. The van der Waals surface area contributed by atoms with Crippen LogP contribution in [0.1, 0.15) is 25.3 Å². The SMILES string of the molecule is C=CC(=CC)C=C1CCN(C(=O)OCc2ccccc2)CC1. The van der Waals surface area contributed by atoms with Crippen LogP contribution in [0.15, 0.2) is 66.3 Å². The molecule has 0 radical (unpaired) electrons. The molecule has 0 bridgehead atoms. The summed E-state index contributed by atoms with van der Waals surface area (Å²) in [6.45, 7) is 7.56. The molecule has 116 valence electrons. The van der Waals surface area contributed by atoms with Crippen LogP contribution in [0, 0.1) is 0 Å². The van der Waals surface area contributed by atoms with Crippen molar-refractivity contribution in [2.24, 2.45) is 0 Å². The molecule has 0 atom stereocenters. The molecule has 0 N–H and O–H groups in total. The average molecular weight is 297 g/mol. The van der Waals surface area contributed by atoms with Crippen LogP contribution in [-0.4, -0.2) is 24.1 Å². The van der Waals surface area contributed by atoms with Gasteiger partial charge in [-0.1, -0.05) is 60.7 Å². The van der Waals surface area contributed by atoms with Crippen LogP contribution in [0.3, 0.4) is 0 Å². The fourth-order valence-electron chi connectivity index (χ4n) is 2.43. The molecule has 3 heteroatoms. The topological polar surface area (TPSA) is 29.5 Å². The van der Waals surface area contributed by atoms with Gasteiger partial charge >= 0.3 is 6.09 Å². The van der Waals surface area contributed by atoms with Gasteiger partial charge in [0.05, 0.1) is 0 Å². The summed E-state index contributed by atoms with van der Waals surface area (Å²) in [6, 6.07) is 9.75. The van der Waals surface area contributed by atoms with Crippen molar-refractivity contribution >= 4 is 6.09 Å². The second-order valence-corrected chi connectivity index (χ2v) is 5.32. The maximum atomic E-state index is 12.1. The number of nitrogens with zero attached hydrogens (tertiary/aromatic N) is 1. The van der Waals surface area contributed by atoms with Crippen molar-refractivity contribution in [2.75, 3.05) is 13.1 Å². The summed E-state index contributed by atoms with van der Waals surface area (Å²) < 4.78 is 5.37. The summed E-state index contributed by atoms with van der Waals surface area (Å²) >= 11 is 0. The summed E-state index contributed by atoms with van der Waals surface area (Å²) in [7, 11) is 0. The number of hydrogen-bond donors (Lipinski definition) is 0. The van der Waals surface area contributed by atoms with E-state index < -0.39 is 0 Å². The number of hydrogen-bond acceptors (Lipinski definition) is 2. The number of carbonyl (C=O) groups excluding carboxylic acids is 1. The molecule has 1 aliphatic heterocycles. The second-order valence-electron chi connectivity index (χ2n) is 5.32. The van der Waals surface area contributed by atoms with E-state index in [9.17, 15) is 4.79 Å². The number of benzene rings is 1. The number of carbonyl (C=O) groups is 1. The highest BCUT2D eigenvalue weighted by molar-refractivity contribution is 5.68. The van der Waals surface area contributed by atoms with E-state index in [0.29, 0.717) is 19.7 Å². The van der Waals surface area contributed by atoms with Crippen LogP contribution >= 0.6 is 0 Å². The molecule has 0 spiro atoms. The zero-order valence-corrected chi connectivity index (χ0v) is 13.1. The third kappa shape index (κ3) is 4.62. The zero-order valence-electron chi connectivity index (χ0n) is 13.1. The molecule has 1 aliphatic rings. The van der Waals surface area contributed by atoms with Crippen LogP contribution < -0.4 is 0 Å². The van der Waals surface area contributed by atoms with Crippen LogP contribution in [0.5, 0.6) is 0 Å². The minimum atomic E-state index is -0.224. The molecular weight excluding hydrogens is 274 g/mol. The van der Waals surface area contributed by atoms with E-state index in [4.69, 9.17) is 4.74 Å². The molecule has 3 nitrogen and oxygen atoms in total. The summed E-state index contributed by atoms with van der Waals surface area (Å²) in [4.78, 5) is 13.9. The molecule has 0 unspecified atom stereocenters. The van der Waals surface area contributed by atoms with Crippen molar-refractivity contribution in [3.63, 3.8) is 0 Å². The first kappa shape index (κ1) is 16.1. The predicted molar refractivity (Wildman–Crippen MR) is 89.5 cm³/mol. The van der Waals surface area contributed by atoms with Crippen LogP contribution in [0.2, 0.25) is 0 Å². The van der Waals surface area contributed by atoms with Crippen molar-refractivity contribution < 1.29 is 9.53 Å². The van der Waals surface area contributed by atoms with Gasteiger partial charge < -0.3 is 9.64 Å². The van der Waals surface area contributed by atoms with E-state index >= 15 is 0 Å². The summed E-state index contributed by atoms with van der Waals surface area (Å²) in [5.41, 5.74) is 3.51. The first-order valence-corrected chi connectivity index (χ1v) is 7.66. The molecule has 1 aromatic rings. The Morgan fingerprint density at radius 2 is 1.95 bits per heavy atom. The lowest BCUT2D eigenvalue weighted by Crippen LogP contribution is -2.36. The van der Waals surface area contributed by atoms with E-state index in [-0.39, 0.29) is 6.09 Å². The second kappa shape index (κ2) is 8.23. The number of rotatable bonds is 4. The van der Waals surface area contributed by atoms with Crippen molar-refractivity contribution in [3.05, 3.63) is 71.8 Å². The van der Waals surface area contributed by atoms with Gasteiger partial charge in [0.25, 0.3) is 0 Å². The summed E-state index contributed by atoms with van der Waals surface area (Å²) in [5, 5.41) is 0. The third-order valence-electron chi connectivity index (χ3n) is 3.81. The molecule has 22 heavy (non-hydrogen) atoms. The van der Waals surface area contributed by atoms with Crippen LogP contribution in [0.4, 0.5) is 4.79 Å². The zero-order chi connectivity index (χ0) is 15.8. The third-order valence-corrected chi connectivity index (χ3v) is 3.81. The number of piperidine rings is 1. The van der Waals surface area contributed by atoms with Gasteiger partial charge in [0.2, 0.25) is 0 Å². The Morgan fingerprint density at radius 1 is 1.27 bits per heavy atom. The van der Waals surface area contributed by atoms with E-state index in [1.54, 1.807) is 4.90 Å². The number of likely N-dealkylation sites (tertiary alicyclic amines) is 1. The largest absolute Gasteiger partial charge is 0.445 e. The van der Waals surface area contributed by atoms with E-state index in [2.05, 4.69) is 12.7 Å². The van der Waals surface area contributed by atoms with E-state index in [0.717, 1.165) is 24.0 Å². The molecule has 1 amide bonds. The molecule has 1 saturated heterocycles. The Balaban J connectivity index is 1.81. The van der Waals surface area contributed by atoms with Gasteiger partial charge in [0.1, 0.15) is 6.61 Å². The van der Waals surface area contributed by atoms with Gasteiger partial charge in [-0.05, 0) is 30.9 Å². The number of allylic oxidation sites excluding steroid dienone is 4. The molecular formula is C19H23NO2. The highest BCUT2D eigenvalue weighted by Crippen LogP contribution is 2.19. The van der Waals surface area contributed by atoms with Crippen molar-refractivity contribution in [1.82, 2.24) is 4.90 Å². The summed E-state index contributed by atoms with van der Waals surface area (Å²) in [5.74, 6) is 0. The predicted octanol–water partition coefficient (Wildman–Crippen LogP) is 4.48. The van der Waals surface area contributed by atoms with Gasteiger partial charge in [-0.3, -0.25) is 0 Å². The first-order chi connectivity index (χ1) is 10.7. The maximum absolute atomic E-state index is 12.1. The Labute approximate surface area is 132 Å². The highest BCUT2D eigenvalue weighted by atomic mass is 16.6. The molecule has 1 fully saturated rings. The van der Waals surface area contributed by atoms with Crippen LogP contribution in [-0.2, 0) is 11.3 Å². The maximum Gasteiger partial charge on any atom is 0.410 e. The van der Waals surface area contributed by atoms with Gasteiger partial charge in [-0.2, -0.15) is 0 Å². The molecule has 1 heterocycles. The average Bonchev–Trinajstić information content (AvgIpc) is 2.59. The first-order valence-electron chi connectivity index (χ1n) is 7.66. The fourth-order valence-corrected chi connectivity index (χ4v) is 2.43. The van der Waals surface area contributed by atoms with Crippen molar-refractivity contribution in [2.45, 2.75) is 26.4 Å². The van der Waals surface area contributed by atoms with Crippen LogP contribution in [0.25, 0.3) is 0 Å². The van der Waals surface area contributed by atoms with Crippen molar-refractivity contribution in [1.29, 1.82) is 0 Å². The standard InChI is InChI=1S/C19H23NO2/c1-3-16(4-2)14-17-10-12-20(13-11-17)19(21)22-15-18-8-6-5-7-9-18/h3-9,14H,1,10-13,15H2,2H3. The van der Waals surface area contributed by atoms with E-state index in [1.165, 1.54) is 5.57 Å². The fraction of sp³-hybridized carbons (Fsp3) is 0.316. The molecule has 1 aromatic carbocycles. The smallest absolute Gasteiger partial charge is 0.410 e. The van der Waals surface area contributed by atoms with Gasteiger partial charge in [-0.15, -0.1) is 0 Å². The molecule has 0 saturated carbocycles. The number of amides is 1. The Kier molecular flexibility index (Phi) is 6.01. The van der Waals surface area contributed by atoms with Gasteiger partial charge in [0.15, 0.2) is 0 Å². The minimum Gasteiger partial charge on any atom is -0.445 e. The summed E-state index contributed by atoms with van der Waals surface area (Å²) in [6.07, 6.45) is 7.63. The van der Waals surface area contributed by atoms with Gasteiger partial charge in [0, 0.05) is 13.1 Å². The lowest BCUT2D eigenvalue weighted by molar-refractivity contribution is 0.0935. The number of ether oxygens (including phenoxy) is 1.